The lowest BCUT2D eigenvalue weighted by Gasteiger charge is -1.94. The van der Waals surface area contributed by atoms with Crippen molar-refractivity contribution in [3.8, 4) is 5.75 Å². The molecule has 10 heavy (non-hydrogen) atoms. The van der Waals surface area contributed by atoms with E-state index >= 15 is 0 Å². The fraction of sp³-hybridized carbons (Fsp3) is 0.250. The molecule has 53 valence electrons. The van der Waals surface area contributed by atoms with E-state index in [2.05, 4.69) is 0 Å². The first-order valence-corrected chi connectivity index (χ1v) is 3.15. The molecule has 0 heterocycles. The van der Waals surface area contributed by atoms with Crippen LogP contribution in [0.15, 0.2) is 24.3 Å². The van der Waals surface area contributed by atoms with Gasteiger partial charge in [0, 0.05) is 6.42 Å². The van der Waals surface area contributed by atoms with Crippen molar-refractivity contribution in [3.05, 3.63) is 29.8 Å². The van der Waals surface area contributed by atoms with Crippen LogP contribution in [0.25, 0.3) is 0 Å². The number of hydrogen-bond acceptors (Lipinski definition) is 0. The largest absolute Gasteiger partial charge is 0.290 e. The van der Waals surface area contributed by atoms with Crippen molar-refractivity contribution >= 4 is 0 Å². The zero-order valence-corrected chi connectivity index (χ0v) is 5.51. The lowest BCUT2D eigenvalue weighted by Crippen LogP contribution is -1.84. The predicted molar refractivity (Wildman–Crippen MR) is 36.3 cm³/mol. The van der Waals surface area contributed by atoms with Crippen molar-refractivity contribution in [1.82, 2.24) is 0 Å². The molecular formula is C8H8FO. The quantitative estimate of drug-likeness (QED) is 0.599. The van der Waals surface area contributed by atoms with Crippen LogP contribution in [0.3, 0.4) is 0 Å². The van der Waals surface area contributed by atoms with Crippen molar-refractivity contribution < 1.29 is 9.50 Å². The van der Waals surface area contributed by atoms with E-state index in [0.29, 0.717) is 6.42 Å². The topological polar surface area (TPSA) is 19.9 Å². The number of hydrogen-bond donors (Lipinski definition) is 0. The highest BCUT2D eigenvalue weighted by molar-refractivity contribution is 5.26. The Balaban J connectivity index is 2.75. The monoisotopic (exact) mass is 139 g/mol. The van der Waals surface area contributed by atoms with Gasteiger partial charge in [0.15, 0.2) is 5.75 Å². The van der Waals surface area contributed by atoms with Crippen molar-refractivity contribution in [1.29, 1.82) is 0 Å². The molecule has 0 aliphatic rings. The van der Waals surface area contributed by atoms with Gasteiger partial charge in [0.2, 0.25) is 0 Å². The highest BCUT2D eigenvalue weighted by atomic mass is 19.1. The first kappa shape index (κ1) is 7.06. The van der Waals surface area contributed by atoms with E-state index in [0.717, 1.165) is 5.56 Å². The summed E-state index contributed by atoms with van der Waals surface area (Å²) in [5, 5.41) is 10.6. The number of alkyl halides is 1. The van der Waals surface area contributed by atoms with Crippen molar-refractivity contribution in [2.75, 3.05) is 6.67 Å². The summed E-state index contributed by atoms with van der Waals surface area (Å²) in [6.07, 6.45) is 0.343. The minimum Gasteiger partial charge on any atom is -0.290 e. The average Bonchev–Trinajstić information content (AvgIpc) is 1.88. The highest BCUT2D eigenvalue weighted by Crippen LogP contribution is 2.11. The predicted octanol–water partition coefficient (Wildman–Crippen LogP) is 2.34. The molecule has 1 nitrogen and oxygen atoms in total. The molecule has 0 aliphatic carbocycles. The lowest BCUT2D eigenvalue weighted by atomic mass is 10.2. The summed E-state index contributed by atoms with van der Waals surface area (Å²) in [5.74, 6) is -0.0500. The van der Waals surface area contributed by atoms with Gasteiger partial charge in [-0.2, -0.15) is 0 Å². The van der Waals surface area contributed by atoms with Crippen LogP contribution >= 0.6 is 0 Å². The third-order valence-corrected chi connectivity index (χ3v) is 1.28. The highest BCUT2D eigenvalue weighted by Gasteiger charge is 1.93. The van der Waals surface area contributed by atoms with Crippen molar-refractivity contribution in [2.45, 2.75) is 6.42 Å². The molecule has 0 spiro atoms. The Hall–Kier alpha value is -1.05. The lowest BCUT2D eigenvalue weighted by molar-refractivity contribution is 0.354. The van der Waals surface area contributed by atoms with Crippen LogP contribution in [-0.2, 0) is 11.5 Å². The second-order valence-corrected chi connectivity index (χ2v) is 2.09. The minimum absolute atomic E-state index is 0.0500. The van der Waals surface area contributed by atoms with E-state index in [1.807, 2.05) is 0 Å². The number of benzene rings is 1. The van der Waals surface area contributed by atoms with Gasteiger partial charge in [-0.25, -0.2) is 0 Å². The molecule has 1 aromatic carbocycles. The summed E-state index contributed by atoms with van der Waals surface area (Å²) in [6.45, 7) is -0.399. The Bertz CT molecular complexity index is 210. The number of rotatable bonds is 2. The van der Waals surface area contributed by atoms with Crippen molar-refractivity contribution in [2.24, 2.45) is 0 Å². The Morgan fingerprint density at radius 3 is 2.80 bits per heavy atom. The van der Waals surface area contributed by atoms with Crippen LogP contribution in [0.1, 0.15) is 5.56 Å². The van der Waals surface area contributed by atoms with Gasteiger partial charge in [0.1, 0.15) is 0 Å². The van der Waals surface area contributed by atoms with E-state index in [9.17, 15) is 9.50 Å². The van der Waals surface area contributed by atoms with E-state index in [1.54, 1.807) is 12.1 Å². The molecule has 0 saturated carbocycles. The van der Waals surface area contributed by atoms with Crippen LogP contribution in [0.2, 0.25) is 0 Å². The number of aryl methyl sites for hydroxylation is 1. The molecule has 1 aromatic rings. The summed E-state index contributed by atoms with van der Waals surface area (Å²) < 4.78 is 11.7. The van der Waals surface area contributed by atoms with Crippen molar-refractivity contribution in [3.63, 3.8) is 0 Å². The van der Waals surface area contributed by atoms with Gasteiger partial charge in [0.05, 0.1) is 6.67 Å². The minimum atomic E-state index is -0.399. The Labute approximate surface area is 59.1 Å². The van der Waals surface area contributed by atoms with Crippen LogP contribution < -0.4 is 0 Å². The second kappa shape index (κ2) is 3.20. The summed E-state index contributed by atoms with van der Waals surface area (Å²) in [7, 11) is 0. The third kappa shape index (κ3) is 1.72. The molecule has 1 radical (unpaired) electrons. The third-order valence-electron chi connectivity index (χ3n) is 1.28. The number of halogens is 1. The second-order valence-electron chi connectivity index (χ2n) is 2.09. The summed E-state index contributed by atoms with van der Waals surface area (Å²) in [5.41, 5.74) is 0.773. The first-order chi connectivity index (χ1) is 4.83. The van der Waals surface area contributed by atoms with E-state index in [-0.39, 0.29) is 5.75 Å². The Morgan fingerprint density at radius 2 is 2.20 bits per heavy atom. The van der Waals surface area contributed by atoms with Gasteiger partial charge in [-0.1, -0.05) is 12.1 Å². The fourth-order valence-corrected chi connectivity index (χ4v) is 0.810. The molecule has 0 aromatic heterocycles. The molecule has 0 bridgehead atoms. The van der Waals surface area contributed by atoms with Crippen LogP contribution in [0, 0.1) is 0 Å². The van der Waals surface area contributed by atoms with E-state index < -0.39 is 6.67 Å². The van der Waals surface area contributed by atoms with Gasteiger partial charge in [0.25, 0.3) is 0 Å². The molecule has 0 atom stereocenters. The molecule has 0 saturated heterocycles. The maximum Gasteiger partial charge on any atom is 0.178 e. The zero-order valence-electron chi connectivity index (χ0n) is 5.51. The molecular weight excluding hydrogens is 131 g/mol. The summed E-state index contributed by atoms with van der Waals surface area (Å²) >= 11 is 0. The standard InChI is InChI=1S/C8H8FO/c9-5-4-7-2-1-3-8(10)6-7/h1-3,6H,4-5H2. The summed E-state index contributed by atoms with van der Waals surface area (Å²) in [4.78, 5) is 0. The molecule has 0 aliphatic heterocycles. The van der Waals surface area contributed by atoms with Gasteiger partial charge in [-0.3, -0.25) is 9.50 Å². The fourth-order valence-electron chi connectivity index (χ4n) is 0.810. The smallest absolute Gasteiger partial charge is 0.178 e. The molecule has 1 rings (SSSR count). The maximum absolute atomic E-state index is 11.7. The van der Waals surface area contributed by atoms with E-state index in [1.165, 1.54) is 12.1 Å². The van der Waals surface area contributed by atoms with Gasteiger partial charge >= 0.3 is 0 Å². The van der Waals surface area contributed by atoms with E-state index in [4.69, 9.17) is 0 Å². The first-order valence-electron chi connectivity index (χ1n) is 3.15. The molecule has 0 unspecified atom stereocenters. The van der Waals surface area contributed by atoms with Crippen LogP contribution in [0.4, 0.5) is 4.39 Å². The molecule has 0 fully saturated rings. The normalized spacial score (nSPS) is 9.70. The van der Waals surface area contributed by atoms with Crippen LogP contribution in [0.5, 0.6) is 5.75 Å². The van der Waals surface area contributed by atoms with Gasteiger partial charge in [-0.15, -0.1) is 0 Å². The average molecular weight is 139 g/mol. The Kier molecular flexibility index (Phi) is 2.26. The zero-order chi connectivity index (χ0) is 7.40. The molecule has 0 amide bonds. The maximum atomic E-state index is 11.7. The molecule has 2 heteroatoms. The van der Waals surface area contributed by atoms with Gasteiger partial charge in [-0.05, 0) is 17.7 Å². The summed E-state index contributed by atoms with van der Waals surface area (Å²) in [6, 6.07) is 6.32. The van der Waals surface area contributed by atoms with Gasteiger partial charge < -0.3 is 0 Å². The Morgan fingerprint density at radius 1 is 1.40 bits per heavy atom. The SMILES string of the molecule is [O]c1cccc(CCF)c1. The molecule has 0 N–H and O–H groups in total. The van der Waals surface area contributed by atoms with Crippen LogP contribution in [-0.4, -0.2) is 6.67 Å².